The molecule has 0 amide bonds. The smallest absolute Gasteiger partial charge is 0.119 e. The molecule has 0 aromatic heterocycles. The van der Waals surface area contributed by atoms with Crippen molar-refractivity contribution in [1.82, 2.24) is 0 Å². The molecular formula is C26H30O3. The normalized spacial score (nSPS) is 10.7. The molecule has 3 nitrogen and oxygen atoms in total. The summed E-state index contributed by atoms with van der Waals surface area (Å²) in [5.41, 5.74) is 4.67. The zero-order valence-electron chi connectivity index (χ0n) is 17.1. The first-order valence-corrected chi connectivity index (χ1v) is 10.5. The van der Waals surface area contributed by atoms with E-state index < -0.39 is 0 Å². The van der Waals surface area contributed by atoms with Gasteiger partial charge in [0.15, 0.2) is 0 Å². The van der Waals surface area contributed by atoms with E-state index >= 15 is 0 Å². The molecule has 0 bridgehead atoms. The van der Waals surface area contributed by atoms with Gasteiger partial charge in [0.2, 0.25) is 0 Å². The average molecular weight is 391 g/mol. The average Bonchev–Trinajstić information content (AvgIpc) is 2.78. The maximum Gasteiger partial charge on any atom is 0.119 e. The Morgan fingerprint density at radius 2 is 0.966 bits per heavy atom. The predicted molar refractivity (Wildman–Crippen MR) is 120 cm³/mol. The second kappa shape index (κ2) is 11.3. The van der Waals surface area contributed by atoms with Crippen LogP contribution in [0.2, 0.25) is 0 Å². The van der Waals surface area contributed by atoms with Gasteiger partial charge in [-0.1, -0.05) is 74.7 Å². The summed E-state index contributed by atoms with van der Waals surface area (Å²) in [5, 5.41) is 8.83. The number of rotatable bonds is 11. The predicted octanol–water partition coefficient (Wildman–Crippen LogP) is 6.35. The summed E-state index contributed by atoms with van der Waals surface area (Å²) in [6.45, 7) is 3.35. The molecule has 0 spiro atoms. The van der Waals surface area contributed by atoms with Gasteiger partial charge in [0.25, 0.3) is 0 Å². The van der Waals surface area contributed by atoms with Crippen LogP contribution in [0.3, 0.4) is 0 Å². The molecule has 152 valence electrons. The highest BCUT2D eigenvalue weighted by Crippen LogP contribution is 2.27. The number of hydrogen-bond acceptors (Lipinski definition) is 3. The molecular weight excluding hydrogens is 360 g/mol. The maximum atomic E-state index is 8.83. The van der Waals surface area contributed by atoms with E-state index in [9.17, 15) is 0 Å². The molecule has 0 aliphatic rings. The molecule has 0 fully saturated rings. The van der Waals surface area contributed by atoms with Crippen molar-refractivity contribution in [2.75, 3.05) is 19.8 Å². The first-order valence-electron chi connectivity index (χ1n) is 10.5. The first kappa shape index (κ1) is 20.9. The Morgan fingerprint density at radius 3 is 1.38 bits per heavy atom. The minimum absolute atomic E-state index is 0.0231. The van der Waals surface area contributed by atoms with E-state index in [0.29, 0.717) is 6.61 Å². The fraction of sp³-hybridized carbons (Fsp3) is 0.308. The van der Waals surface area contributed by atoms with Gasteiger partial charge in [-0.2, -0.15) is 0 Å². The largest absolute Gasteiger partial charge is 0.494 e. The SMILES string of the molecule is CCCCCCOc1ccc(-c2ccc(-c3ccc(OCCO)cc3)cc2)cc1. The van der Waals surface area contributed by atoms with E-state index in [0.717, 1.165) is 35.7 Å². The van der Waals surface area contributed by atoms with Crippen LogP contribution in [-0.4, -0.2) is 24.9 Å². The molecule has 0 saturated carbocycles. The Morgan fingerprint density at radius 1 is 0.552 bits per heavy atom. The highest BCUT2D eigenvalue weighted by atomic mass is 16.5. The number of benzene rings is 3. The minimum Gasteiger partial charge on any atom is -0.494 e. The van der Waals surface area contributed by atoms with Crippen molar-refractivity contribution < 1.29 is 14.6 Å². The molecule has 3 aromatic rings. The number of ether oxygens (including phenoxy) is 2. The van der Waals surface area contributed by atoms with Crippen LogP contribution in [0.4, 0.5) is 0 Å². The van der Waals surface area contributed by atoms with E-state index in [2.05, 4.69) is 43.3 Å². The molecule has 0 radical (unpaired) electrons. The summed E-state index contributed by atoms with van der Waals surface area (Å²) in [7, 11) is 0. The topological polar surface area (TPSA) is 38.7 Å². The molecule has 0 heterocycles. The van der Waals surface area contributed by atoms with Crippen molar-refractivity contribution in [1.29, 1.82) is 0 Å². The van der Waals surface area contributed by atoms with E-state index in [4.69, 9.17) is 14.6 Å². The zero-order valence-corrected chi connectivity index (χ0v) is 17.1. The second-order valence-electron chi connectivity index (χ2n) is 7.11. The highest BCUT2D eigenvalue weighted by Gasteiger charge is 2.02. The van der Waals surface area contributed by atoms with Crippen LogP contribution in [0.25, 0.3) is 22.3 Å². The van der Waals surface area contributed by atoms with Crippen LogP contribution in [0.5, 0.6) is 11.5 Å². The summed E-state index contributed by atoms with van der Waals surface area (Å²) in [5.74, 6) is 1.71. The van der Waals surface area contributed by atoms with Crippen LogP contribution < -0.4 is 9.47 Å². The van der Waals surface area contributed by atoms with Crippen molar-refractivity contribution in [2.24, 2.45) is 0 Å². The van der Waals surface area contributed by atoms with Crippen molar-refractivity contribution in [3.05, 3.63) is 72.8 Å². The molecule has 0 aliphatic heterocycles. The van der Waals surface area contributed by atoms with Gasteiger partial charge in [0, 0.05) is 0 Å². The van der Waals surface area contributed by atoms with Crippen LogP contribution >= 0.6 is 0 Å². The van der Waals surface area contributed by atoms with Crippen LogP contribution in [0.15, 0.2) is 72.8 Å². The number of aliphatic hydroxyl groups is 1. The van der Waals surface area contributed by atoms with Gasteiger partial charge >= 0.3 is 0 Å². The summed E-state index contributed by atoms with van der Waals surface area (Å²) >= 11 is 0. The van der Waals surface area contributed by atoms with E-state index in [1.54, 1.807) is 0 Å². The quantitative estimate of drug-likeness (QED) is 0.388. The lowest BCUT2D eigenvalue weighted by Crippen LogP contribution is -2.01. The summed E-state index contributed by atoms with van der Waals surface area (Å²) < 4.78 is 11.2. The molecule has 0 saturated heterocycles. The number of unbranched alkanes of at least 4 members (excludes halogenated alkanes) is 3. The molecule has 0 unspecified atom stereocenters. The molecule has 3 rings (SSSR count). The fourth-order valence-corrected chi connectivity index (χ4v) is 3.22. The minimum atomic E-state index is 0.0231. The summed E-state index contributed by atoms with van der Waals surface area (Å²) in [4.78, 5) is 0. The van der Waals surface area contributed by atoms with Crippen molar-refractivity contribution in [3.63, 3.8) is 0 Å². The maximum absolute atomic E-state index is 8.83. The Labute approximate surface area is 173 Å². The first-order chi connectivity index (χ1) is 14.3. The number of aliphatic hydroxyl groups excluding tert-OH is 1. The third kappa shape index (κ3) is 6.37. The molecule has 29 heavy (non-hydrogen) atoms. The van der Waals surface area contributed by atoms with Gasteiger partial charge < -0.3 is 14.6 Å². The van der Waals surface area contributed by atoms with Gasteiger partial charge in [0.05, 0.1) is 13.2 Å². The van der Waals surface area contributed by atoms with E-state index in [1.165, 1.54) is 30.4 Å². The summed E-state index contributed by atoms with van der Waals surface area (Å²) in [6.07, 6.45) is 4.88. The van der Waals surface area contributed by atoms with Crippen molar-refractivity contribution in [3.8, 4) is 33.8 Å². The summed E-state index contributed by atoms with van der Waals surface area (Å²) in [6, 6.07) is 24.8. The zero-order chi connectivity index (χ0) is 20.3. The fourth-order valence-electron chi connectivity index (χ4n) is 3.22. The highest BCUT2D eigenvalue weighted by molar-refractivity contribution is 5.71. The lowest BCUT2D eigenvalue weighted by atomic mass is 10.0. The molecule has 0 atom stereocenters. The number of hydrogen-bond donors (Lipinski definition) is 1. The monoisotopic (exact) mass is 390 g/mol. The second-order valence-corrected chi connectivity index (χ2v) is 7.11. The van der Waals surface area contributed by atoms with Gasteiger partial charge in [0.1, 0.15) is 18.1 Å². The van der Waals surface area contributed by atoms with Gasteiger partial charge in [-0.3, -0.25) is 0 Å². The van der Waals surface area contributed by atoms with Crippen LogP contribution in [-0.2, 0) is 0 Å². The van der Waals surface area contributed by atoms with Crippen molar-refractivity contribution in [2.45, 2.75) is 32.6 Å². The van der Waals surface area contributed by atoms with Crippen LogP contribution in [0, 0.1) is 0 Å². The molecule has 3 heteroatoms. The van der Waals surface area contributed by atoms with Gasteiger partial charge in [-0.15, -0.1) is 0 Å². The molecule has 0 aliphatic carbocycles. The van der Waals surface area contributed by atoms with E-state index in [-0.39, 0.29) is 6.61 Å². The van der Waals surface area contributed by atoms with Gasteiger partial charge in [-0.25, -0.2) is 0 Å². The standard InChI is InChI=1S/C26H30O3/c1-2-3-4-5-19-28-25-14-10-23(11-15-25)21-6-8-22(9-7-21)24-12-16-26(17-13-24)29-20-18-27/h6-17,27H,2-5,18-20H2,1H3. The van der Waals surface area contributed by atoms with Crippen molar-refractivity contribution >= 4 is 0 Å². The van der Waals surface area contributed by atoms with Gasteiger partial charge in [-0.05, 0) is 52.9 Å². The Kier molecular flexibility index (Phi) is 8.14. The van der Waals surface area contributed by atoms with Crippen LogP contribution in [0.1, 0.15) is 32.6 Å². The lowest BCUT2D eigenvalue weighted by Gasteiger charge is -2.09. The Balaban J connectivity index is 1.58. The molecule has 3 aromatic carbocycles. The third-order valence-corrected chi connectivity index (χ3v) is 4.89. The third-order valence-electron chi connectivity index (χ3n) is 4.89. The lowest BCUT2D eigenvalue weighted by molar-refractivity contribution is 0.201. The Hall–Kier alpha value is -2.78. The Bertz CT molecular complexity index is 837. The van der Waals surface area contributed by atoms with E-state index in [1.807, 2.05) is 36.4 Å². The molecule has 1 N–H and O–H groups in total.